The standard InChI is InChI=1S/C19H26F3NO2/c1-14-3-4-17(15(2)11-14)5-6-18(24)25-12-16-7-9-23(10-8-16)13-19(20,21)22/h3-4,11,16H,5-10,12-13H2,1-2H3. The molecule has 1 aliphatic heterocycles. The average Bonchev–Trinajstić information content (AvgIpc) is 2.52. The molecule has 1 aromatic carbocycles. The van der Waals surface area contributed by atoms with Gasteiger partial charge in [-0.25, -0.2) is 0 Å². The van der Waals surface area contributed by atoms with E-state index in [1.54, 1.807) is 0 Å². The lowest BCUT2D eigenvalue weighted by Gasteiger charge is -2.32. The van der Waals surface area contributed by atoms with Crippen molar-refractivity contribution in [3.8, 4) is 0 Å². The molecular formula is C19H26F3NO2. The molecule has 0 unspecified atom stereocenters. The number of carbonyl (C=O) groups excluding carboxylic acids is 1. The Hall–Kier alpha value is -1.56. The summed E-state index contributed by atoms with van der Waals surface area (Å²) in [5, 5.41) is 0. The summed E-state index contributed by atoms with van der Waals surface area (Å²) in [6, 6.07) is 6.16. The van der Waals surface area contributed by atoms with E-state index in [1.165, 1.54) is 16.0 Å². The minimum atomic E-state index is -4.15. The van der Waals surface area contributed by atoms with Crippen molar-refractivity contribution < 1.29 is 22.7 Å². The molecular weight excluding hydrogens is 331 g/mol. The van der Waals surface area contributed by atoms with Crippen LogP contribution in [0.25, 0.3) is 0 Å². The lowest BCUT2D eigenvalue weighted by atomic mass is 9.98. The molecule has 0 saturated carbocycles. The van der Waals surface area contributed by atoms with Crippen molar-refractivity contribution in [2.24, 2.45) is 5.92 Å². The van der Waals surface area contributed by atoms with Gasteiger partial charge in [0.2, 0.25) is 0 Å². The first-order valence-electron chi connectivity index (χ1n) is 8.74. The third-order valence-corrected chi connectivity index (χ3v) is 4.69. The number of ether oxygens (including phenoxy) is 1. The number of hydrogen-bond donors (Lipinski definition) is 0. The summed E-state index contributed by atoms with van der Waals surface area (Å²) in [6.45, 7) is 4.34. The van der Waals surface area contributed by atoms with Crippen LogP contribution in [0.15, 0.2) is 18.2 Å². The Balaban J connectivity index is 1.66. The summed E-state index contributed by atoms with van der Waals surface area (Å²) in [4.78, 5) is 13.3. The first-order valence-corrected chi connectivity index (χ1v) is 8.74. The molecule has 25 heavy (non-hydrogen) atoms. The Morgan fingerprint density at radius 2 is 1.92 bits per heavy atom. The normalized spacial score (nSPS) is 16.8. The van der Waals surface area contributed by atoms with Crippen LogP contribution >= 0.6 is 0 Å². The molecule has 0 aliphatic carbocycles. The Bertz CT molecular complexity index is 579. The van der Waals surface area contributed by atoms with Crippen LogP contribution in [-0.2, 0) is 16.0 Å². The van der Waals surface area contributed by atoms with E-state index in [4.69, 9.17) is 4.74 Å². The van der Waals surface area contributed by atoms with Crippen molar-refractivity contribution in [1.29, 1.82) is 0 Å². The number of hydrogen-bond acceptors (Lipinski definition) is 3. The molecule has 2 rings (SSSR count). The van der Waals surface area contributed by atoms with Gasteiger partial charge in [-0.15, -0.1) is 0 Å². The van der Waals surface area contributed by atoms with Crippen molar-refractivity contribution in [3.63, 3.8) is 0 Å². The van der Waals surface area contributed by atoms with E-state index in [-0.39, 0.29) is 11.9 Å². The topological polar surface area (TPSA) is 29.5 Å². The third-order valence-electron chi connectivity index (χ3n) is 4.69. The van der Waals surface area contributed by atoms with Crippen molar-refractivity contribution in [2.75, 3.05) is 26.2 Å². The summed E-state index contributed by atoms with van der Waals surface area (Å²) < 4.78 is 42.4. The molecule has 1 aliphatic rings. The Labute approximate surface area is 147 Å². The van der Waals surface area contributed by atoms with Gasteiger partial charge in [0.1, 0.15) is 0 Å². The molecule has 0 bridgehead atoms. The van der Waals surface area contributed by atoms with Crippen molar-refractivity contribution in [2.45, 2.75) is 45.7 Å². The van der Waals surface area contributed by atoms with Gasteiger partial charge in [-0.2, -0.15) is 13.2 Å². The molecule has 0 amide bonds. The van der Waals surface area contributed by atoms with E-state index >= 15 is 0 Å². The molecule has 0 radical (unpaired) electrons. The summed E-state index contributed by atoms with van der Waals surface area (Å²) >= 11 is 0. The summed E-state index contributed by atoms with van der Waals surface area (Å²) in [5.41, 5.74) is 3.51. The van der Waals surface area contributed by atoms with Crippen molar-refractivity contribution in [1.82, 2.24) is 4.90 Å². The number of piperidine rings is 1. The zero-order valence-electron chi connectivity index (χ0n) is 14.9. The van der Waals surface area contributed by atoms with Gasteiger partial charge in [-0.05, 0) is 63.2 Å². The molecule has 1 saturated heterocycles. The van der Waals surface area contributed by atoms with Gasteiger partial charge in [-0.3, -0.25) is 9.69 Å². The highest BCUT2D eigenvalue weighted by Gasteiger charge is 2.32. The van der Waals surface area contributed by atoms with Gasteiger partial charge in [0.25, 0.3) is 0 Å². The van der Waals surface area contributed by atoms with E-state index in [2.05, 4.69) is 6.07 Å². The quantitative estimate of drug-likeness (QED) is 0.719. The van der Waals surface area contributed by atoms with Gasteiger partial charge < -0.3 is 4.74 Å². The van der Waals surface area contributed by atoms with Crippen LogP contribution in [0.4, 0.5) is 13.2 Å². The second kappa shape index (κ2) is 8.70. The van der Waals surface area contributed by atoms with Crippen LogP contribution in [0.1, 0.15) is 36.0 Å². The van der Waals surface area contributed by atoms with Crippen LogP contribution in [0.2, 0.25) is 0 Å². The first-order chi connectivity index (χ1) is 11.7. The second-order valence-electron chi connectivity index (χ2n) is 6.95. The molecule has 0 N–H and O–H groups in total. The van der Waals surface area contributed by atoms with E-state index in [1.807, 2.05) is 26.0 Å². The van der Waals surface area contributed by atoms with Crippen LogP contribution < -0.4 is 0 Å². The molecule has 1 heterocycles. The number of benzene rings is 1. The third kappa shape index (κ3) is 7.06. The Morgan fingerprint density at radius 3 is 2.52 bits per heavy atom. The molecule has 6 heteroatoms. The predicted octanol–water partition coefficient (Wildman–Crippen LogP) is 4.05. The molecule has 0 atom stereocenters. The summed E-state index contributed by atoms with van der Waals surface area (Å²) in [7, 11) is 0. The fourth-order valence-electron chi connectivity index (χ4n) is 3.21. The van der Waals surface area contributed by atoms with Crippen LogP contribution in [0.3, 0.4) is 0 Å². The van der Waals surface area contributed by atoms with E-state index in [0.717, 1.165) is 5.56 Å². The minimum absolute atomic E-state index is 0.162. The maximum atomic E-state index is 12.4. The zero-order chi connectivity index (χ0) is 18.4. The summed E-state index contributed by atoms with van der Waals surface area (Å²) in [6.07, 6.45) is -1.89. The first kappa shape index (κ1) is 19.8. The van der Waals surface area contributed by atoms with Crippen LogP contribution in [0, 0.1) is 19.8 Å². The Morgan fingerprint density at radius 1 is 1.24 bits per heavy atom. The fraction of sp³-hybridized carbons (Fsp3) is 0.632. The number of rotatable bonds is 6. The van der Waals surface area contributed by atoms with Crippen molar-refractivity contribution >= 4 is 5.97 Å². The monoisotopic (exact) mass is 357 g/mol. The molecule has 0 aromatic heterocycles. The van der Waals surface area contributed by atoms with E-state index < -0.39 is 12.7 Å². The fourth-order valence-corrected chi connectivity index (χ4v) is 3.21. The van der Waals surface area contributed by atoms with Gasteiger partial charge >= 0.3 is 12.1 Å². The molecule has 140 valence electrons. The number of nitrogens with zero attached hydrogens (tertiary/aromatic N) is 1. The highest BCUT2D eigenvalue weighted by Crippen LogP contribution is 2.23. The SMILES string of the molecule is Cc1ccc(CCC(=O)OCC2CCN(CC(F)(F)F)CC2)c(C)c1. The molecule has 1 aromatic rings. The number of carbonyl (C=O) groups is 1. The lowest BCUT2D eigenvalue weighted by Crippen LogP contribution is -2.40. The molecule has 1 fully saturated rings. The Kier molecular flexibility index (Phi) is 6.87. The highest BCUT2D eigenvalue weighted by atomic mass is 19.4. The van der Waals surface area contributed by atoms with Gasteiger partial charge in [-0.1, -0.05) is 23.8 Å². The number of alkyl halides is 3. The minimum Gasteiger partial charge on any atom is -0.465 e. The predicted molar refractivity (Wildman–Crippen MR) is 90.4 cm³/mol. The van der Waals surface area contributed by atoms with E-state index in [0.29, 0.717) is 45.4 Å². The molecule has 3 nitrogen and oxygen atoms in total. The largest absolute Gasteiger partial charge is 0.465 e. The average molecular weight is 357 g/mol. The zero-order valence-corrected chi connectivity index (χ0v) is 14.9. The second-order valence-corrected chi connectivity index (χ2v) is 6.95. The number of aryl methyl sites for hydroxylation is 3. The van der Waals surface area contributed by atoms with Crippen LogP contribution in [0.5, 0.6) is 0 Å². The van der Waals surface area contributed by atoms with E-state index in [9.17, 15) is 18.0 Å². The van der Waals surface area contributed by atoms with Crippen molar-refractivity contribution in [3.05, 3.63) is 34.9 Å². The van der Waals surface area contributed by atoms with Gasteiger partial charge in [0, 0.05) is 6.42 Å². The smallest absolute Gasteiger partial charge is 0.401 e. The molecule has 0 spiro atoms. The summed E-state index contributed by atoms with van der Waals surface area (Å²) in [5.74, 6) is -0.0766. The number of esters is 1. The number of likely N-dealkylation sites (tertiary alicyclic amines) is 1. The lowest BCUT2D eigenvalue weighted by molar-refractivity contribution is -0.150. The maximum Gasteiger partial charge on any atom is 0.401 e. The van der Waals surface area contributed by atoms with Gasteiger partial charge in [0.15, 0.2) is 0 Å². The van der Waals surface area contributed by atoms with Gasteiger partial charge in [0.05, 0.1) is 13.2 Å². The maximum absolute atomic E-state index is 12.4. The number of halogens is 3. The highest BCUT2D eigenvalue weighted by molar-refractivity contribution is 5.69. The van der Waals surface area contributed by atoms with Crippen LogP contribution in [-0.4, -0.2) is 43.3 Å².